The predicted molar refractivity (Wildman–Crippen MR) is 131 cm³/mol. The molecule has 3 aliphatic heterocycles. The Bertz CT molecular complexity index is 1040. The fourth-order valence-electron chi connectivity index (χ4n) is 5.33. The quantitative estimate of drug-likeness (QED) is 0.660. The molecule has 9 heteroatoms. The number of carbonyl (C=O) groups is 2. The molecule has 2 aromatic rings. The molecule has 2 saturated heterocycles. The number of nitrogens with one attached hydrogen (secondary N) is 1. The van der Waals surface area contributed by atoms with Gasteiger partial charge in [0.05, 0.1) is 38.8 Å². The maximum atomic E-state index is 13.4. The van der Waals surface area contributed by atoms with Crippen LogP contribution in [0.4, 0.5) is 5.69 Å². The molecule has 1 N–H and O–H groups in total. The first kappa shape index (κ1) is 23.6. The normalized spacial score (nSPS) is 22.2. The summed E-state index contributed by atoms with van der Waals surface area (Å²) in [6.07, 6.45) is 4.13. The maximum Gasteiger partial charge on any atom is 0.236 e. The van der Waals surface area contributed by atoms with Gasteiger partial charge in [0.25, 0.3) is 0 Å². The third-order valence-corrected chi connectivity index (χ3v) is 7.28. The van der Waals surface area contributed by atoms with Gasteiger partial charge in [-0.2, -0.15) is 0 Å². The average molecular weight is 480 g/mol. The summed E-state index contributed by atoms with van der Waals surface area (Å²) in [5.74, 6) is 0.782. The number of carbonyl (C=O) groups excluding carboxylic acids is 2. The highest BCUT2D eigenvalue weighted by atomic mass is 16.5. The molecule has 186 valence electrons. The van der Waals surface area contributed by atoms with Crippen molar-refractivity contribution in [2.24, 2.45) is 5.92 Å². The molecule has 1 aromatic heterocycles. The Morgan fingerprint density at radius 3 is 2.69 bits per heavy atom. The lowest BCUT2D eigenvalue weighted by atomic mass is 9.83. The fraction of sp³-hybridized carbons (Fsp3) is 0.500. The summed E-state index contributed by atoms with van der Waals surface area (Å²) < 4.78 is 10.9. The summed E-state index contributed by atoms with van der Waals surface area (Å²) in [4.78, 5) is 36.8. The Morgan fingerprint density at radius 2 is 1.91 bits per heavy atom. The monoisotopic (exact) mass is 479 g/mol. The molecule has 35 heavy (non-hydrogen) atoms. The molecule has 4 heterocycles. The SMILES string of the molecule is COc1ccc2c(c1)N1CCN(CC(=O)N3CCOCC3)C[C@@H]1[C@H](C(=O)NCc1ccncc1)C2. The van der Waals surface area contributed by atoms with Gasteiger partial charge in [0.2, 0.25) is 11.8 Å². The number of pyridine rings is 1. The number of hydrogen-bond acceptors (Lipinski definition) is 7. The number of amides is 2. The van der Waals surface area contributed by atoms with E-state index in [1.807, 2.05) is 23.1 Å². The molecule has 1 aromatic carbocycles. The van der Waals surface area contributed by atoms with E-state index >= 15 is 0 Å². The Hall–Kier alpha value is -3.17. The number of hydrogen-bond donors (Lipinski definition) is 1. The van der Waals surface area contributed by atoms with E-state index in [4.69, 9.17) is 9.47 Å². The van der Waals surface area contributed by atoms with E-state index < -0.39 is 0 Å². The van der Waals surface area contributed by atoms with Crippen LogP contribution in [0, 0.1) is 5.92 Å². The molecule has 0 radical (unpaired) electrons. The third kappa shape index (κ3) is 5.26. The zero-order chi connectivity index (χ0) is 24.2. The maximum absolute atomic E-state index is 13.4. The van der Waals surface area contributed by atoms with Crippen LogP contribution in [0.5, 0.6) is 5.75 Å². The number of benzene rings is 1. The molecule has 2 fully saturated rings. The Balaban J connectivity index is 1.33. The second kappa shape index (κ2) is 10.6. The van der Waals surface area contributed by atoms with E-state index in [0.29, 0.717) is 52.4 Å². The van der Waals surface area contributed by atoms with Gasteiger partial charge < -0.3 is 24.6 Å². The standard InChI is InChI=1S/C26H33N5O4/c1-34-21-3-2-20-14-22(26(33)28-16-19-4-6-27-7-5-19)24-17-29(8-9-31(24)23(20)15-21)18-25(32)30-10-12-35-13-11-30/h2-7,15,22,24H,8-14,16-18H2,1H3,(H,28,33)/t22-,24-/m1/s1. The van der Waals surface area contributed by atoms with Gasteiger partial charge in [-0.15, -0.1) is 0 Å². The number of nitrogens with zero attached hydrogens (tertiary/aromatic N) is 4. The van der Waals surface area contributed by atoms with E-state index in [0.717, 1.165) is 35.7 Å². The van der Waals surface area contributed by atoms with Gasteiger partial charge in [0, 0.05) is 63.4 Å². The zero-order valence-electron chi connectivity index (χ0n) is 20.2. The first-order chi connectivity index (χ1) is 17.1. The van der Waals surface area contributed by atoms with Crippen LogP contribution in [0.15, 0.2) is 42.7 Å². The van der Waals surface area contributed by atoms with Crippen LogP contribution >= 0.6 is 0 Å². The van der Waals surface area contributed by atoms with Gasteiger partial charge in [-0.3, -0.25) is 19.5 Å². The van der Waals surface area contributed by atoms with Gasteiger partial charge in [0.15, 0.2) is 0 Å². The van der Waals surface area contributed by atoms with Crippen LogP contribution < -0.4 is 15.0 Å². The van der Waals surface area contributed by atoms with Crippen molar-refractivity contribution in [3.63, 3.8) is 0 Å². The molecule has 9 nitrogen and oxygen atoms in total. The van der Waals surface area contributed by atoms with Crippen LogP contribution in [-0.4, -0.2) is 92.2 Å². The number of piperazine rings is 1. The molecule has 0 bridgehead atoms. The summed E-state index contributed by atoms with van der Waals surface area (Å²) in [7, 11) is 1.67. The fourth-order valence-corrected chi connectivity index (χ4v) is 5.33. The van der Waals surface area contributed by atoms with Gasteiger partial charge in [-0.1, -0.05) is 6.07 Å². The zero-order valence-corrected chi connectivity index (χ0v) is 20.2. The Kier molecular flexibility index (Phi) is 7.15. The van der Waals surface area contributed by atoms with E-state index in [1.165, 1.54) is 0 Å². The number of aromatic nitrogens is 1. The van der Waals surface area contributed by atoms with Crippen LogP contribution in [0.1, 0.15) is 11.1 Å². The number of methoxy groups -OCH3 is 1. The van der Waals surface area contributed by atoms with Crippen LogP contribution in [0.3, 0.4) is 0 Å². The molecule has 3 aliphatic rings. The second-order valence-corrected chi connectivity index (χ2v) is 9.37. The summed E-state index contributed by atoms with van der Waals surface area (Å²) in [5.41, 5.74) is 3.31. The van der Waals surface area contributed by atoms with Crippen LogP contribution in [0.25, 0.3) is 0 Å². The minimum absolute atomic E-state index is 0.0155. The Labute approximate surface area is 206 Å². The average Bonchev–Trinajstić information content (AvgIpc) is 2.92. The second-order valence-electron chi connectivity index (χ2n) is 9.37. The number of anilines is 1. The number of morpholine rings is 1. The summed E-state index contributed by atoms with van der Waals surface area (Å²) in [6.45, 7) is 5.54. The van der Waals surface area contributed by atoms with Crippen molar-refractivity contribution in [2.45, 2.75) is 19.0 Å². The predicted octanol–water partition coefficient (Wildman–Crippen LogP) is 0.928. The minimum atomic E-state index is -0.209. The van der Waals surface area contributed by atoms with Crippen LogP contribution in [-0.2, 0) is 27.3 Å². The molecular weight excluding hydrogens is 446 g/mol. The first-order valence-electron chi connectivity index (χ1n) is 12.3. The first-order valence-corrected chi connectivity index (χ1v) is 12.3. The molecule has 5 rings (SSSR count). The van der Waals surface area contributed by atoms with E-state index in [1.54, 1.807) is 19.5 Å². The minimum Gasteiger partial charge on any atom is -0.497 e. The summed E-state index contributed by atoms with van der Waals surface area (Å²) in [5, 5.41) is 3.14. The number of fused-ring (bicyclic) bond motifs is 3. The molecule has 0 spiro atoms. The van der Waals surface area contributed by atoms with E-state index in [2.05, 4.69) is 32.2 Å². The highest BCUT2D eigenvalue weighted by molar-refractivity contribution is 5.82. The van der Waals surface area contributed by atoms with Gasteiger partial charge >= 0.3 is 0 Å². The van der Waals surface area contributed by atoms with E-state index in [-0.39, 0.29) is 23.8 Å². The number of rotatable bonds is 6. The molecule has 0 aliphatic carbocycles. The largest absolute Gasteiger partial charge is 0.497 e. The summed E-state index contributed by atoms with van der Waals surface area (Å²) >= 11 is 0. The smallest absolute Gasteiger partial charge is 0.236 e. The van der Waals surface area contributed by atoms with E-state index in [9.17, 15) is 9.59 Å². The van der Waals surface area contributed by atoms with Gasteiger partial charge in [0.1, 0.15) is 5.75 Å². The lowest BCUT2D eigenvalue weighted by molar-refractivity contribution is -0.136. The molecule has 0 saturated carbocycles. The van der Waals surface area contributed by atoms with Crippen LogP contribution in [0.2, 0.25) is 0 Å². The lowest BCUT2D eigenvalue weighted by Gasteiger charge is -2.49. The Morgan fingerprint density at radius 1 is 1.11 bits per heavy atom. The van der Waals surface area contributed by atoms with Crippen molar-refractivity contribution in [1.29, 1.82) is 0 Å². The third-order valence-electron chi connectivity index (χ3n) is 7.28. The van der Waals surface area contributed by atoms with Crippen molar-refractivity contribution in [2.75, 3.05) is 64.5 Å². The van der Waals surface area contributed by atoms with Crippen molar-refractivity contribution < 1.29 is 19.1 Å². The summed E-state index contributed by atoms with van der Waals surface area (Å²) in [6, 6.07) is 9.91. The van der Waals surface area contributed by atoms with Gasteiger partial charge in [-0.25, -0.2) is 0 Å². The van der Waals surface area contributed by atoms with Crippen molar-refractivity contribution in [3.8, 4) is 5.75 Å². The van der Waals surface area contributed by atoms with Crippen molar-refractivity contribution in [1.82, 2.24) is 20.1 Å². The molecule has 2 atom stereocenters. The molecular formula is C26H33N5O4. The number of ether oxygens (including phenoxy) is 2. The van der Waals surface area contributed by atoms with Gasteiger partial charge in [-0.05, 0) is 35.7 Å². The molecule has 2 amide bonds. The highest BCUT2D eigenvalue weighted by Gasteiger charge is 2.42. The topological polar surface area (TPSA) is 87.2 Å². The highest BCUT2D eigenvalue weighted by Crippen LogP contribution is 2.38. The lowest BCUT2D eigenvalue weighted by Crippen LogP contribution is -2.62. The molecule has 0 unspecified atom stereocenters. The van der Waals surface area contributed by atoms with Crippen molar-refractivity contribution >= 4 is 17.5 Å². The van der Waals surface area contributed by atoms with Crippen molar-refractivity contribution in [3.05, 3.63) is 53.9 Å².